The summed E-state index contributed by atoms with van der Waals surface area (Å²) < 4.78 is 14.5. The van der Waals surface area contributed by atoms with Gasteiger partial charge in [-0.25, -0.2) is 9.59 Å². The molecule has 0 aromatic rings. The highest BCUT2D eigenvalue weighted by Crippen LogP contribution is 1.98. The second-order valence-electron chi connectivity index (χ2n) is 3.83. The maximum atomic E-state index is 11.2. The van der Waals surface area contributed by atoms with Crippen molar-refractivity contribution in [3.63, 3.8) is 0 Å². The number of nitrogens with zero attached hydrogens (tertiary/aromatic N) is 1. The SMILES string of the molecule is COC(=O)/C=C/C(=O)OCCCN1CCOCC1.Cl. The number of carbonyl (C=O) groups excluding carboxylic acids is 2. The zero-order valence-electron chi connectivity index (χ0n) is 11.0. The lowest BCUT2D eigenvalue weighted by molar-refractivity contribution is -0.139. The lowest BCUT2D eigenvalue weighted by Gasteiger charge is -2.26. The molecule has 0 unspecified atom stereocenters. The van der Waals surface area contributed by atoms with Gasteiger partial charge in [-0.1, -0.05) is 0 Å². The van der Waals surface area contributed by atoms with E-state index in [0.717, 1.165) is 51.4 Å². The molecule has 1 rings (SSSR count). The van der Waals surface area contributed by atoms with Crippen LogP contribution in [-0.4, -0.2) is 63.4 Å². The van der Waals surface area contributed by atoms with Crippen LogP contribution in [-0.2, 0) is 23.8 Å². The maximum Gasteiger partial charge on any atom is 0.331 e. The minimum Gasteiger partial charge on any atom is -0.466 e. The number of hydrogen-bond acceptors (Lipinski definition) is 6. The van der Waals surface area contributed by atoms with Gasteiger partial charge in [-0.05, 0) is 6.42 Å². The second kappa shape index (κ2) is 10.8. The number of halogens is 1. The van der Waals surface area contributed by atoms with Gasteiger partial charge in [-0.3, -0.25) is 4.90 Å². The fourth-order valence-electron chi connectivity index (χ4n) is 1.54. The van der Waals surface area contributed by atoms with Crippen molar-refractivity contribution in [1.82, 2.24) is 4.90 Å². The minimum absolute atomic E-state index is 0. The van der Waals surface area contributed by atoms with Crippen molar-refractivity contribution in [2.75, 3.05) is 46.6 Å². The smallest absolute Gasteiger partial charge is 0.331 e. The molecule has 0 saturated carbocycles. The van der Waals surface area contributed by atoms with E-state index in [4.69, 9.17) is 9.47 Å². The molecule has 1 aliphatic rings. The first-order valence-corrected chi connectivity index (χ1v) is 5.95. The fourth-order valence-corrected chi connectivity index (χ4v) is 1.54. The van der Waals surface area contributed by atoms with Crippen molar-refractivity contribution in [3.8, 4) is 0 Å². The standard InChI is InChI=1S/C12H19NO5.ClH/c1-16-11(14)3-4-12(15)18-8-2-5-13-6-9-17-10-7-13;/h3-4H,2,5-10H2,1H3;1H/b4-3+;. The van der Waals surface area contributed by atoms with Gasteiger partial charge in [0.25, 0.3) is 0 Å². The number of carbonyl (C=O) groups is 2. The predicted molar refractivity (Wildman–Crippen MR) is 71.2 cm³/mol. The molecule has 0 bridgehead atoms. The largest absolute Gasteiger partial charge is 0.466 e. The third kappa shape index (κ3) is 8.58. The number of esters is 2. The monoisotopic (exact) mass is 293 g/mol. The van der Waals surface area contributed by atoms with E-state index in [0.29, 0.717) is 6.61 Å². The Kier molecular flexibility index (Phi) is 10.1. The van der Waals surface area contributed by atoms with Crippen molar-refractivity contribution >= 4 is 24.3 Å². The minimum atomic E-state index is -0.569. The lowest BCUT2D eigenvalue weighted by atomic mass is 10.3. The first-order chi connectivity index (χ1) is 8.72. The third-order valence-electron chi connectivity index (χ3n) is 2.52. The molecular weight excluding hydrogens is 274 g/mol. The van der Waals surface area contributed by atoms with E-state index in [9.17, 15) is 9.59 Å². The van der Waals surface area contributed by atoms with Gasteiger partial charge in [0.05, 0.1) is 26.9 Å². The van der Waals surface area contributed by atoms with Gasteiger partial charge in [0.2, 0.25) is 0 Å². The van der Waals surface area contributed by atoms with E-state index in [1.807, 2.05) is 0 Å². The van der Waals surface area contributed by atoms with Gasteiger partial charge >= 0.3 is 11.9 Å². The Balaban J connectivity index is 0.00000324. The Morgan fingerprint density at radius 1 is 1.21 bits per heavy atom. The zero-order valence-corrected chi connectivity index (χ0v) is 11.8. The van der Waals surface area contributed by atoms with Crippen molar-refractivity contribution < 1.29 is 23.8 Å². The van der Waals surface area contributed by atoms with Crippen molar-refractivity contribution in [2.24, 2.45) is 0 Å². The first-order valence-electron chi connectivity index (χ1n) is 5.95. The van der Waals surface area contributed by atoms with E-state index in [1.165, 1.54) is 7.11 Å². The van der Waals surface area contributed by atoms with Crippen molar-refractivity contribution in [3.05, 3.63) is 12.2 Å². The van der Waals surface area contributed by atoms with Crippen LogP contribution in [0, 0.1) is 0 Å². The molecule has 1 saturated heterocycles. The lowest BCUT2D eigenvalue weighted by Crippen LogP contribution is -2.37. The van der Waals surface area contributed by atoms with Gasteiger partial charge in [0.15, 0.2) is 0 Å². The Morgan fingerprint density at radius 3 is 2.47 bits per heavy atom. The van der Waals surface area contributed by atoms with Gasteiger partial charge < -0.3 is 14.2 Å². The molecule has 0 aromatic heterocycles. The molecular formula is C12H20ClNO5. The highest BCUT2D eigenvalue weighted by Gasteiger charge is 2.09. The summed E-state index contributed by atoms with van der Waals surface area (Å²) in [5.74, 6) is -1.09. The highest BCUT2D eigenvalue weighted by molar-refractivity contribution is 5.91. The molecule has 0 aliphatic carbocycles. The van der Waals surface area contributed by atoms with Crippen LogP contribution in [0.15, 0.2) is 12.2 Å². The average molecular weight is 294 g/mol. The third-order valence-corrected chi connectivity index (χ3v) is 2.52. The van der Waals surface area contributed by atoms with Crippen LogP contribution in [0.1, 0.15) is 6.42 Å². The van der Waals surface area contributed by atoms with Crippen LogP contribution in [0.4, 0.5) is 0 Å². The number of rotatable bonds is 6. The molecule has 0 radical (unpaired) electrons. The quantitative estimate of drug-likeness (QED) is 0.401. The normalized spacial score (nSPS) is 15.8. The number of ether oxygens (including phenoxy) is 3. The zero-order chi connectivity index (χ0) is 13.2. The molecule has 110 valence electrons. The summed E-state index contributed by atoms with van der Waals surface area (Å²) in [6, 6.07) is 0. The molecule has 19 heavy (non-hydrogen) atoms. The highest BCUT2D eigenvalue weighted by atomic mass is 35.5. The Morgan fingerprint density at radius 2 is 1.84 bits per heavy atom. The summed E-state index contributed by atoms with van der Waals surface area (Å²) in [6.45, 7) is 4.62. The first kappa shape index (κ1) is 17.9. The van der Waals surface area contributed by atoms with E-state index in [-0.39, 0.29) is 12.4 Å². The second-order valence-corrected chi connectivity index (χ2v) is 3.83. The summed E-state index contributed by atoms with van der Waals surface area (Å²) in [7, 11) is 1.25. The molecule has 0 atom stereocenters. The molecule has 7 heteroatoms. The molecule has 0 N–H and O–H groups in total. The van der Waals surface area contributed by atoms with Crippen LogP contribution in [0.2, 0.25) is 0 Å². The molecule has 0 spiro atoms. The van der Waals surface area contributed by atoms with Gasteiger partial charge in [-0.15, -0.1) is 12.4 Å². The van der Waals surface area contributed by atoms with Crippen molar-refractivity contribution in [1.29, 1.82) is 0 Å². The Labute approximate surface area is 119 Å². The summed E-state index contributed by atoms with van der Waals surface area (Å²) in [5.41, 5.74) is 0. The molecule has 0 amide bonds. The maximum absolute atomic E-state index is 11.2. The topological polar surface area (TPSA) is 65.1 Å². The van der Waals surface area contributed by atoms with Gasteiger partial charge in [0.1, 0.15) is 0 Å². The van der Waals surface area contributed by atoms with Crippen LogP contribution in [0.5, 0.6) is 0 Å². The van der Waals surface area contributed by atoms with E-state index < -0.39 is 11.9 Å². The van der Waals surface area contributed by atoms with Crippen LogP contribution in [0.25, 0.3) is 0 Å². The summed E-state index contributed by atoms with van der Waals surface area (Å²) in [6.07, 6.45) is 2.89. The summed E-state index contributed by atoms with van der Waals surface area (Å²) in [5, 5.41) is 0. The Hall–Kier alpha value is -1.11. The van der Waals surface area contributed by atoms with E-state index in [1.54, 1.807) is 0 Å². The van der Waals surface area contributed by atoms with Crippen LogP contribution in [0.3, 0.4) is 0 Å². The van der Waals surface area contributed by atoms with Crippen LogP contribution >= 0.6 is 12.4 Å². The molecule has 1 aliphatic heterocycles. The van der Waals surface area contributed by atoms with E-state index >= 15 is 0 Å². The molecule has 0 aromatic carbocycles. The number of methoxy groups -OCH3 is 1. The summed E-state index contributed by atoms with van der Waals surface area (Å²) >= 11 is 0. The average Bonchev–Trinajstić information content (AvgIpc) is 2.42. The predicted octanol–water partition coefficient (Wildman–Crippen LogP) is 0.403. The molecule has 6 nitrogen and oxygen atoms in total. The summed E-state index contributed by atoms with van der Waals surface area (Å²) in [4.78, 5) is 24.1. The molecule has 1 heterocycles. The van der Waals surface area contributed by atoms with Gasteiger partial charge in [-0.2, -0.15) is 0 Å². The Bertz CT molecular complexity index is 302. The van der Waals surface area contributed by atoms with Crippen LogP contribution < -0.4 is 0 Å². The van der Waals surface area contributed by atoms with Crippen molar-refractivity contribution in [2.45, 2.75) is 6.42 Å². The van der Waals surface area contributed by atoms with E-state index in [2.05, 4.69) is 9.64 Å². The fraction of sp³-hybridized carbons (Fsp3) is 0.667. The molecule has 1 fully saturated rings. The number of morpholine rings is 1. The van der Waals surface area contributed by atoms with Gasteiger partial charge in [0, 0.05) is 31.8 Å². The number of hydrogen-bond donors (Lipinski definition) is 0.